The van der Waals surface area contributed by atoms with Gasteiger partial charge in [-0.15, -0.1) is 0 Å². The fourth-order valence-electron chi connectivity index (χ4n) is 7.28. The van der Waals surface area contributed by atoms with Crippen molar-refractivity contribution in [2.24, 2.45) is 0 Å². The van der Waals surface area contributed by atoms with Crippen LogP contribution in [-0.4, -0.2) is 84.5 Å². The molecular formula is C39H56N7O9P. The molecule has 2 unspecified atom stereocenters. The summed E-state index contributed by atoms with van der Waals surface area (Å²) < 4.78 is 42.6. The third kappa shape index (κ3) is 10.8. The molecule has 2 aliphatic rings. The molecule has 1 aliphatic heterocycles. The molecule has 0 aromatic carbocycles. The molecule has 3 aromatic rings. The fraction of sp³-hybridized carbons (Fsp3) is 0.667. The minimum Gasteiger partial charge on any atom is -0.484 e. The van der Waals surface area contributed by atoms with Gasteiger partial charge in [-0.25, -0.2) is 14.1 Å². The third-order valence-corrected chi connectivity index (χ3v) is 11.5. The Morgan fingerprint density at radius 3 is 2.21 bits per heavy atom. The molecule has 4 heterocycles. The van der Waals surface area contributed by atoms with Crippen molar-refractivity contribution in [2.75, 3.05) is 25.6 Å². The maximum absolute atomic E-state index is 13.1. The van der Waals surface area contributed by atoms with E-state index in [0.29, 0.717) is 12.1 Å². The Morgan fingerprint density at radius 2 is 1.62 bits per heavy atom. The van der Waals surface area contributed by atoms with Crippen LogP contribution >= 0.6 is 7.82 Å². The number of phosphoric ester groups is 1. The molecule has 1 saturated carbocycles. The number of aromatic nitrogens is 4. The number of nitriles is 2. The van der Waals surface area contributed by atoms with E-state index in [4.69, 9.17) is 29.0 Å². The number of hydrogen-bond donors (Lipinski definition) is 4. The molecule has 0 radical (unpaired) electrons. The molecule has 16 nitrogen and oxygen atoms in total. The Labute approximate surface area is 328 Å². The van der Waals surface area contributed by atoms with Gasteiger partial charge in [0.05, 0.1) is 30.7 Å². The van der Waals surface area contributed by atoms with Gasteiger partial charge in [0, 0.05) is 18.9 Å². The van der Waals surface area contributed by atoms with Gasteiger partial charge in [0.2, 0.25) is 5.60 Å². The monoisotopic (exact) mass is 797 g/mol. The standard InChI is InChI=1S/C39H56N7O9P/c1-2-3-4-5-6-7-8-9-10-11-12-13-14-15-16-17-20-51-25-31(53-30-21-29(22-40)23-43-24-30)26-52-56(49,50)55-35-34-39(35,48)37(47)38(27-41,54-34)33-19-18-32-36(42)44-28-45-46(32)33/h18-19,21,23-24,28,31,34-35,37,47-48H,2-17,20,25-26H2,1H3,(H,49,50)(H2,42,44,45)/t31-,34-,35?,37+,38+,39+/m1/s1. The van der Waals surface area contributed by atoms with Crippen LogP contribution in [0.1, 0.15) is 121 Å². The van der Waals surface area contributed by atoms with E-state index in [9.17, 15) is 30.2 Å². The van der Waals surface area contributed by atoms with Gasteiger partial charge in [-0.1, -0.05) is 103 Å². The van der Waals surface area contributed by atoms with Crippen LogP contribution in [0.15, 0.2) is 36.9 Å². The summed E-state index contributed by atoms with van der Waals surface area (Å²) in [5.41, 5.74) is 2.28. The minimum absolute atomic E-state index is 0.00261. The molecule has 5 N–H and O–H groups in total. The van der Waals surface area contributed by atoms with Crippen molar-refractivity contribution in [1.29, 1.82) is 10.5 Å². The highest BCUT2D eigenvalue weighted by Gasteiger charge is 2.83. The van der Waals surface area contributed by atoms with Crippen LogP contribution in [0.3, 0.4) is 0 Å². The van der Waals surface area contributed by atoms with Gasteiger partial charge in [-0.2, -0.15) is 15.6 Å². The zero-order valence-electron chi connectivity index (χ0n) is 32.2. The lowest BCUT2D eigenvalue weighted by molar-refractivity contribution is -0.106. The smallest absolute Gasteiger partial charge is 0.472 e. The predicted molar refractivity (Wildman–Crippen MR) is 205 cm³/mol. The highest BCUT2D eigenvalue weighted by atomic mass is 31.2. The Hall–Kier alpha value is -3.70. The number of nitrogens with two attached hydrogens (primary N) is 1. The van der Waals surface area contributed by atoms with Crippen LogP contribution in [-0.2, 0) is 28.7 Å². The molecular weight excluding hydrogens is 741 g/mol. The zero-order chi connectivity index (χ0) is 40.0. The van der Waals surface area contributed by atoms with Crippen LogP contribution in [0.4, 0.5) is 5.82 Å². The van der Waals surface area contributed by atoms with Crippen molar-refractivity contribution in [3.05, 3.63) is 48.2 Å². The van der Waals surface area contributed by atoms with Gasteiger partial charge in [-0.3, -0.25) is 14.0 Å². The lowest BCUT2D eigenvalue weighted by atomic mass is 9.90. The second-order valence-electron chi connectivity index (χ2n) is 14.8. The lowest BCUT2D eigenvalue weighted by Crippen LogP contribution is -2.47. The molecule has 56 heavy (non-hydrogen) atoms. The zero-order valence-corrected chi connectivity index (χ0v) is 33.1. The molecule has 1 aliphatic carbocycles. The molecule has 2 fully saturated rings. The Kier molecular flexibility index (Phi) is 16.0. The summed E-state index contributed by atoms with van der Waals surface area (Å²) in [4.78, 5) is 18.6. The largest absolute Gasteiger partial charge is 0.484 e. The van der Waals surface area contributed by atoms with Crippen molar-refractivity contribution in [1.82, 2.24) is 19.6 Å². The third-order valence-electron chi connectivity index (χ3n) is 10.5. The van der Waals surface area contributed by atoms with Crippen molar-refractivity contribution in [2.45, 2.75) is 145 Å². The van der Waals surface area contributed by atoms with E-state index in [-0.39, 0.29) is 29.4 Å². The average Bonchev–Trinajstić information content (AvgIpc) is 3.43. The quantitative estimate of drug-likeness (QED) is 0.0509. The summed E-state index contributed by atoms with van der Waals surface area (Å²) in [7, 11) is -4.90. The molecule has 0 spiro atoms. The Balaban J connectivity index is 1.03. The van der Waals surface area contributed by atoms with Crippen LogP contribution < -0.4 is 10.5 Å². The van der Waals surface area contributed by atoms with E-state index in [0.717, 1.165) is 19.3 Å². The van der Waals surface area contributed by atoms with Gasteiger partial charge in [0.1, 0.15) is 54.1 Å². The fourth-order valence-corrected chi connectivity index (χ4v) is 8.26. The number of aliphatic hydroxyl groups excluding tert-OH is 1. The first kappa shape index (κ1) is 43.4. The molecule has 0 bridgehead atoms. The van der Waals surface area contributed by atoms with Gasteiger partial charge in [-0.05, 0) is 18.6 Å². The normalized spacial score (nSPS) is 24.3. The van der Waals surface area contributed by atoms with E-state index < -0.39 is 50.0 Å². The molecule has 17 heteroatoms. The van der Waals surface area contributed by atoms with E-state index >= 15 is 0 Å². The summed E-state index contributed by atoms with van der Waals surface area (Å²) in [6.07, 6.45) is 18.5. The van der Waals surface area contributed by atoms with E-state index in [1.165, 1.54) is 125 Å². The molecule has 3 aromatic heterocycles. The predicted octanol–water partition coefficient (Wildman–Crippen LogP) is 6.03. The van der Waals surface area contributed by atoms with Gasteiger partial charge in [0.15, 0.2) is 11.4 Å². The number of pyridine rings is 1. The molecule has 0 amide bonds. The van der Waals surface area contributed by atoms with E-state index in [1.54, 1.807) is 0 Å². The SMILES string of the molecule is CCCCCCCCCCCCCCCCCCOC[C@H](COP(=O)(O)OC1[C@H]2O[C@@](C#N)(c3ccc4c(N)ncnn34)[C@H](O)[C@@]12O)Oc1cncc(C#N)c1. The maximum atomic E-state index is 13.1. The first-order valence-corrected chi connectivity index (χ1v) is 21.4. The summed E-state index contributed by atoms with van der Waals surface area (Å²) in [5, 5.41) is 46.0. The Morgan fingerprint density at radius 1 is 0.982 bits per heavy atom. The van der Waals surface area contributed by atoms with E-state index in [2.05, 4.69) is 22.0 Å². The minimum atomic E-state index is -4.90. The highest BCUT2D eigenvalue weighted by molar-refractivity contribution is 7.47. The van der Waals surface area contributed by atoms with Gasteiger partial charge >= 0.3 is 7.82 Å². The number of nitrogens with zero attached hydrogens (tertiary/aromatic N) is 6. The highest BCUT2D eigenvalue weighted by Crippen LogP contribution is 2.63. The number of ether oxygens (including phenoxy) is 3. The summed E-state index contributed by atoms with van der Waals surface area (Å²) in [6.45, 7) is 2.23. The number of aliphatic hydroxyl groups is 2. The summed E-state index contributed by atoms with van der Waals surface area (Å²) in [5.74, 6) is 0.356. The average molecular weight is 798 g/mol. The number of fused-ring (bicyclic) bond motifs is 2. The number of phosphoric acid groups is 1. The van der Waals surface area contributed by atoms with Crippen molar-refractivity contribution in [3.8, 4) is 17.9 Å². The van der Waals surface area contributed by atoms with Crippen LogP contribution in [0, 0.1) is 22.7 Å². The second kappa shape index (κ2) is 20.6. The number of hydrogen-bond acceptors (Lipinski definition) is 14. The summed E-state index contributed by atoms with van der Waals surface area (Å²) in [6, 6.07) is 8.37. The number of nitrogen functional groups attached to an aromatic ring is 1. The van der Waals surface area contributed by atoms with Crippen LogP contribution in [0.2, 0.25) is 0 Å². The first-order valence-electron chi connectivity index (χ1n) is 19.9. The van der Waals surface area contributed by atoms with Gasteiger partial charge < -0.3 is 35.1 Å². The molecule has 1 saturated heterocycles. The number of unbranched alkanes of at least 4 members (excludes halogenated alkanes) is 15. The van der Waals surface area contributed by atoms with Crippen LogP contribution in [0.5, 0.6) is 5.75 Å². The molecule has 5 rings (SSSR count). The maximum Gasteiger partial charge on any atom is 0.472 e. The van der Waals surface area contributed by atoms with Crippen molar-refractivity contribution < 1.29 is 42.9 Å². The summed E-state index contributed by atoms with van der Waals surface area (Å²) >= 11 is 0. The molecule has 306 valence electrons. The Bertz CT molecular complexity index is 1840. The van der Waals surface area contributed by atoms with Crippen molar-refractivity contribution >= 4 is 19.2 Å². The second-order valence-corrected chi connectivity index (χ2v) is 16.2. The van der Waals surface area contributed by atoms with Crippen LogP contribution in [0.25, 0.3) is 5.52 Å². The van der Waals surface area contributed by atoms with Crippen molar-refractivity contribution in [3.63, 3.8) is 0 Å². The topological polar surface area (TPSA) is 241 Å². The lowest BCUT2D eigenvalue weighted by Gasteiger charge is -2.29. The number of rotatable bonds is 27. The first-order chi connectivity index (χ1) is 27.1. The molecule has 7 atom stereocenters. The van der Waals surface area contributed by atoms with E-state index in [1.807, 2.05) is 12.1 Å². The number of anilines is 1. The van der Waals surface area contributed by atoms with Gasteiger partial charge in [0.25, 0.3) is 0 Å².